The summed E-state index contributed by atoms with van der Waals surface area (Å²) in [5.41, 5.74) is 7.18. The average Bonchev–Trinajstić information content (AvgIpc) is 2.51. The van der Waals surface area contributed by atoms with E-state index >= 15 is 0 Å². The number of rotatable bonds is 1. The van der Waals surface area contributed by atoms with Crippen molar-refractivity contribution in [3.63, 3.8) is 0 Å². The Kier molecular flexibility index (Phi) is 4.18. The minimum atomic E-state index is -0.0480. The number of aryl methyl sites for hydroxylation is 1. The summed E-state index contributed by atoms with van der Waals surface area (Å²) in [7, 11) is 0. The second kappa shape index (κ2) is 5.94. The van der Waals surface area contributed by atoms with Crippen LogP contribution in [0.25, 0.3) is 22.3 Å². The van der Waals surface area contributed by atoms with Crippen molar-refractivity contribution in [2.24, 2.45) is 0 Å². The van der Waals surface area contributed by atoms with E-state index in [9.17, 15) is 0 Å². The molecule has 0 N–H and O–H groups in total. The van der Waals surface area contributed by atoms with E-state index < -0.39 is 0 Å². The number of benzene rings is 2. The van der Waals surface area contributed by atoms with Crippen LogP contribution in [0.4, 0.5) is 0 Å². The van der Waals surface area contributed by atoms with E-state index in [4.69, 9.17) is 4.98 Å². The molecule has 130 valence electrons. The van der Waals surface area contributed by atoms with Gasteiger partial charge in [-0.3, -0.25) is 0 Å². The molecule has 2 heteroatoms. The Hall–Kier alpha value is -2.22. The highest BCUT2D eigenvalue weighted by atomic mass is 15.1. The van der Waals surface area contributed by atoms with E-state index in [0.29, 0.717) is 0 Å². The third-order valence-electron chi connectivity index (χ3n) is 4.64. The zero-order valence-corrected chi connectivity index (χ0v) is 16.5. The second-order valence-electron chi connectivity index (χ2n) is 8.84. The number of aromatic nitrogens is 2. The normalized spacial score (nSPS) is 12.6. The fourth-order valence-electron chi connectivity index (χ4n) is 3.62. The van der Waals surface area contributed by atoms with E-state index in [1.54, 1.807) is 0 Å². The van der Waals surface area contributed by atoms with Gasteiger partial charge >= 0.3 is 0 Å². The summed E-state index contributed by atoms with van der Waals surface area (Å²) >= 11 is 0. The van der Waals surface area contributed by atoms with Crippen molar-refractivity contribution in [3.8, 4) is 11.3 Å². The van der Waals surface area contributed by atoms with Crippen molar-refractivity contribution in [2.45, 2.75) is 59.4 Å². The van der Waals surface area contributed by atoms with Gasteiger partial charge in [0.1, 0.15) is 11.2 Å². The first-order chi connectivity index (χ1) is 11.6. The van der Waals surface area contributed by atoms with Crippen molar-refractivity contribution in [2.75, 3.05) is 0 Å². The molecule has 0 bridgehead atoms. The highest BCUT2D eigenvalue weighted by Crippen LogP contribution is 2.34. The number of hydrogen-bond acceptors (Lipinski definition) is 1. The van der Waals surface area contributed by atoms with E-state index in [1.807, 2.05) is 0 Å². The zero-order valence-electron chi connectivity index (χ0n) is 16.5. The lowest BCUT2D eigenvalue weighted by molar-refractivity contribution is -0.721. The first-order valence-corrected chi connectivity index (χ1v) is 9.02. The molecule has 3 rings (SSSR count). The molecule has 0 atom stereocenters. The summed E-state index contributed by atoms with van der Waals surface area (Å²) in [4.78, 5) is 4.93. The maximum absolute atomic E-state index is 4.93. The lowest BCUT2D eigenvalue weighted by atomic mass is 9.82. The van der Waals surface area contributed by atoms with E-state index in [0.717, 1.165) is 11.2 Å². The topological polar surface area (TPSA) is 16.8 Å². The Bertz CT molecular complexity index is 925. The molecule has 0 amide bonds. The highest BCUT2D eigenvalue weighted by molar-refractivity contribution is 5.75. The maximum Gasteiger partial charge on any atom is 0.235 e. The van der Waals surface area contributed by atoms with Crippen LogP contribution in [-0.2, 0) is 11.0 Å². The summed E-state index contributed by atoms with van der Waals surface area (Å²) in [6.07, 6.45) is 0. The zero-order chi connectivity index (χ0) is 18.4. The Morgan fingerprint density at radius 1 is 0.800 bits per heavy atom. The minimum absolute atomic E-state index is 0.0480. The van der Waals surface area contributed by atoms with Gasteiger partial charge in [-0.1, -0.05) is 51.1 Å². The summed E-state index contributed by atoms with van der Waals surface area (Å²) in [5, 5.41) is 0. The molecule has 2 aromatic carbocycles. The molecule has 0 saturated carbocycles. The van der Waals surface area contributed by atoms with Gasteiger partial charge in [0.25, 0.3) is 0 Å². The Morgan fingerprint density at radius 2 is 1.40 bits per heavy atom. The van der Waals surface area contributed by atoms with Crippen LogP contribution in [0.15, 0.2) is 48.5 Å². The van der Waals surface area contributed by atoms with E-state index in [-0.39, 0.29) is 11.0 Å². The molecular weight excluding hydrogens is 304 g/mol. The predicted molar refractivity (Wildman–Crippen MR) is 106 cm³/mol. The maximum atomic E-state index is 4.93. The summed E-state index contributed by atoms with van der Waals surface area (Å²) in [6, 6.07) is 17.2. The monoisotopic (exact) mass is 333 g/mol. The third-order valence-corrected chi connectivity index (χ3v) is 4.64. The molecule has 1 heterocycles. The van der Waals surface area contributed by atoms with E-state index in [2.05, 4.69) is 102 Å². The van der Waals surface area contributed by atoms with Gasteiger partial charge in [0.2, 0.25) is 11.2 Å². The van der Waals surface area contributed by atoms with Gasteiger partial charge in [-0.15, -0.1) is 0 Å². The molecule has 0 unspecified atom stereocenters. The van der Waals surface area contributed by atoms with Crippen molar-refractivity contribution in [3.05, 3.63) is 59.8 Å². The first kappa shape index (κ1) is 17.6. The van der Waals surface area contributed by atoms with Crippen LogP contribution >= 0.6 is 0 Å². The molecule has 0 fully saturated rings. The molecule has 0 radical (unpaired) electrons. The molecule has 3 aromatic rings. The molecular formula is C23H29N2+. The Labute approximate surface area is 151 Å². The molecule has 1 aromatic heterocycles. The van der Waals surface area contributed by atoms with E-state index in [1.165, 1.54) is 22.3 Å². The van der Waals surface area contributed by atoms with Crippen LogP contribution in [0.3, 0.4) is 0 Å². The molecule has 0 aliphatic carbocycles. The van der Waals surface area contributed by atoms with Crippen molar-refractivity contribution >= 4 is 11.0 Å². The molecule has 2 nitrogen and oxygen atoms in total. The van der Waals surface area contributed by atoms with Gasteiger partial charge in [-0.2, -0.15) is 4.57 Å². The SMILES string of the molecule is Cc1nc2ccccc2[n+](C(C)(C)C)c1-c1ccccc1C(C)(C)C. The number of nitrogens with zero attached hydrogens (tertiary/aromatic N) is 2. The average molecular weight is 333 g/mol. The van der Waals surface area contributed by atoms with Gasteiger partial charge in [-0.25, -0.2) is 4.98 Å². The molecule has 25 heavy (non-hydrogen) atoms. The van der Waals surface area contributed by atoms with Crippen LogP contribution in [0.1, 0.15) is 52.8 Å². The van der Waals surface area contributed by atoms with Crippen molar-refractivity contribution < 1.29 is 4.57 Å². The van der Waals surface area contributed by atoms with Gasteiger partial charge in [-0.05, 0) is 30.0 Å². The third kappa shape index (κ3) is 3.18. The van der Waals surface area contributed by atoms with Crippen LogP contribution in [0.2, 0.25) is 0 Å². The largest absolute Gasteiger partial charge is 0.240 e. The minimum Gasteiger partial charge on any atom is -0.240 e. The molecule has 0 aliphatic rings. The Balaban J connectivity index is 2.49. The fraction of sp³-hybridized carbons (Fsp3) is 0.391. The standard InChI is InChI=1S/C23H29N2/c1-16-21(17-12-8-9-13-18(17)22(2,3)4)25(23(5,6)7)20-15-11-10-14-19(20)24-16/h8-15H,1-7H3/q+1. The van der Waals surface area contributed by atoms with Crippen LogP contribution in [0.5, 0.6) is 0 Å². The summed E-state index contributed by atoms with van der Waals surface area (Å²) in [6.45, 7) is 15.8. The lowest BCUT2D eigenvalue weighted by Gasteiger charge is -2.25. The number of fused-ring (bicyclic) bond motifs is 1. The summed E-state index contributed by atoms with van der Waals surface area (Å²) in [5.74, 6) is 0. The lowest BCUT2D eigenvalue weighted by Crippen LogP contribution is -2.53. The quantitative estimate of drug-likeness (QED) is 0.533. The number of hydrogen-bond donors (Lipinski definition) is 0. The smallest absolute Gasteiger partial charge is 0.235 e. The van der Waals surface area contributed by atoms with Crippen molar-refractivity contribution in [1.29, 1.82) is 0 Å². The second-order valence-corrected chi connectivity index (χ2v) is 8.84. The van der Waals surface area contributed by atoms with Gasteiger partial charge in [0, 0.05) is 26.8 Å². The highest BCUT2D eigenvalue weighted by Gasteiger charge is 2.34. The van der Waals surface area contributed by atoms with Gasteiger partial charge in [0.15, 0.2) is 5.54 Å². The molecule has 0 spiro atoms. The predicted octanol–water partition coefficient (Wildman–Crippen LogP) is 5.55. The van der Waals surface area contributed by atoms with Crippen LogP contribution in [-0.4, -0.2) is 4.98 Å². The van der Waals surface area contributed by atoms with Gasteiger partial charge < -0.3 is 0 Å². The summed E-state index contributed by atoms with van der Waals surface area (Å²) < 4.78 is 2.45. The molecule has 0 aliphatic heterocycles. The van der Waals surface area contributed by atoms with Crippen molar-refractivity contribution in [1.82, 2.24) is 4.98 Å². The van der Waals surface area contributed by atoms with Crippen LogP contribution < -0.4 is 4.57 Å². The van der Waals surface area contributed by atoms with Gasteiger partial charge in [0.05, 0.1) is 5.56 Å². The van der Waals surface area contributed by atoms with Crippen LogP contribution in [0, 0.1) is 6.92 Å². The fourth-order valence-corrected chi connectivity index (χ4v) is 3.62. The molecule has 0 saturated heterocycles. The Morgan fingerprint density at radius 3 is 2.04 bits per heavy atom. The first-order valence-electron chi connectivity index (χ1n) is 9.02. The number of para-hydroxylation sites is 2.